The van der Waals surface area contributed by atoms with Crippen molar-refractivity contribution in [1.82, 2.24) is 10.2 Å². The van der Waals surface area contributed by atoms with Crippen LogP contribution in [0.2, 0.25) is 0 Å². The van der Waals surface area contributed by atoms with Crippen LogP contribution in [0.4, 0.5) is 0 Å². The number of carbonyl (C=O) groups excluding carboxylic acids is 1. The number of nitrogens with one attached hydrogen (secondary N) is 1. The van der Waals surface area contributed by atoms with Crippen molar-refractivity contribution in [3.05, 3.63) is 34.3 Å². The molecule has 0 radical (unpaired) electrons. The normalized spacial score (nSPS) is 20.0. The molecule has 1 aliphatic heterocycles. The predicted octanol–water partition coefficient (Wildman–Crippen LogP) is 2.78. The summed E-state index contributed by atoms with van der Waals surface area (Å²) in [6.45, 7) is 8.16. The molecule has 1 saturated heterocycles. The Labute approximate surface area is 141 Å². The Morgan fingerprint density at radius 2 is 2.14 bits per heavy atom. The van der Waals surface area contributed by atoms with Gasteiger partial charge in [0.1, 0.15) is 0 Å². The number of ether oxygens (including phenoxy) is 1. The van der Waals surface area contributed by atoms with E-state index in [1.165, 1.54) is 0 Å². The maximum atomic E-state index is 12.3. The van der Waals surface area contributed by atoms with Gasteiger partial charge in [-0.3, -0.25) is 4.79 Å². The molecule has 22 heavy (non-hydrogen) atoms. The second-order valence-corrected chi connectivity index (χ2v) is 6.57. The molecule has 0 spiro atoms. The predicted molar refractivity (Wildman–Crippen MR) is 92.0 cm³/mol. The number of likely N-dealkylation sites (tertiary alicyclic amines) is 1. The van der Waals surface area contributed by atoms with E-state index < -0.39 is 0 Å². The maximum absolute atomic E-state index is 12.3. The molecule has 0 aromatic heterocycles. The van der Waals surface area contributed by atoms with Crippen LogP contribution in [-0.4, -0.2) is 49.7 Å². The molecule has 0 aliphatic carbocycles. The second-order valence-electron chi connectivity index (χ2n) is 5.66. The standard InChI is InChI=1S/C17H25BrN2O2/c1-3-19-15-9-10-20(11-15)12-16(17(21)22-4-2)13-5-7-14(18)8-6-13/h5-8,15-16,19H,3-4,9-12H2,1-2H3. The fraction of sp³-hybridized carbons (Fsp3) is 0.588. The molecule has 0 bridgehead atoms. The number of benzene rings is 1. The Morgan fingerprint density at radius 3 is 2.77 bits per heavy atom. The van der Waals surface area contributed by atoms with Crippen LogP contribution in [0.1, 0.15) is 31.7 Å². The third kappa shape index (κ3) is 4.80. The SMILES string of the molecule is CCNC1CCN(CC(C(=O)OCC)c2ccc(Br)cc2)C1. The van der Waals surface area contributed by atoms with E-state index in [1.807, 2.05) is 31.2 Å². The van der Waals surface area contributed by atoms with Gasteiger partial charge in [0.25, 0.3) is 0 Å². The Morgan fingerprint density at radius 1 is 1.41 bits per heavy atom. The highest BCUT2D eigenvalue weighted by Gasteiger charge is 2.29. The summed E-state index contributed by atoms with van der Waals surface area (Å²) in [7, 11) is 0. The Hall–Kier alpha value is -0.910. The lowest BCUT2D eigenvalue weighted by Crippen LogP contribution is -2.35. The van der Waals surface area contributed by atoms with Crippen LogP contribution in [0, 0.1) is 0 Å². The fourth-order valence-corrected chi connectivity index (χ4v) is 3.23. The lowest BCUT2D eigenvalue weighted by atomic mass is 9.98. The van der Waals surface area contributed by atoms with Crippen molar-refractivity contribution in [3.8, 4) is 0 Å². The summed E-state index contributed by atoms with van der Waals surface area (Å²) in [5.41, 5.74) is 1.02. The number of nitrogens with zero attached hydrogens (tertiary/aromatic N) is 1. The van der Waals surface area contributed by atoms with Gasteiger partial charge in [-0.2, -0.15) is 0 Å². The van der Waals surface area contributed by atoms with Crippen molar-refractivity contribution in [2.45, 2.75) is 32.2 Å². The Kier molecular flexibility index (Phi) is 6.86. The van der Waals surface area contributed by atoms with E-state index in [1.54, 1.807) is 0 Å². The van der Waals surface area contributed by atoms with E-state index in [9.17, 15) is 4.79 Å². The zero-order valence-electron chi connectivity index (χ0n) is 13.3. The van der Waals surface area contributed by atoms with Crippen LogP contribution < -0.4 is 5.32 Å². The number of halogens is 1. The van der Waals surface area contributed by atoms with Gasteiger partial charge in [-0.15, -0.1) is 0 Å². The largest absolute Gasteiger partial charge is 0.465 e. The van der Waals surface area contributed by atoms with Crippen molar-refractivity contribution in [2.24, 2.45) is 0 Å². The van der Waals surface area contributed by atoms with Gasteiger partial charge in [-0.1, -0.05) is 35.0 Å². The van der Waals surface area contributed by atoms with E-state index in [2.05, 4.69) is 33.1 Å². The molecular formula is C17H25BrN2O2. The molecule has 0 amide bonds. The van der Waals surface area contributed by atoms with Crippen molar-refractivity contribution >= 4 is 21.9 Å². The Bertz CT molecular complexity index is 478. The molecule has 2 rings (SSSR count). The molecule has 1 aromatic rings. The monoisotopic (exact) mass is 368 g/mol. The van der Waals surface area contributed by atoms with Crippen LogP contribution in [-0.2, 0) is 9.53 Å². The average Bonchev–Trinajstić information content (AvgIpc) is 2.94. The number of likely N-dealkylation sites (N-methyl/N-ethyl adjacent to an activating group) is 1. The minimum atomic E-state index is -0.214. The van der Waals surface area contributed by atoms with Crippen molar-refractivity contribution in [3.63, 3.8) is 0 Å². The minimum Gasteiger partial charge on any atom is -0.465 e. The van der Waals surface area contributed by atoms with Crippen LogP contribution in [0.3, 0.4) is 0 Å². The highest BCUT2D eigenvalue weighted by atomic mass is 79.9. The van der Waals surface area contributed by atoms with Crippen LogP contribution in [0.15, 0.2) is 28.7 Å². The summed E-state index contributed by atoms with van der Waals surface area (Å²) in [6, 6.07) is 8.50. The first-order valence-electron chi connectivity index (χ1n) is 8.01. The molecule has 1 aliphatic rings. The molecule has 1 fully saturated rings. The van der Waals surface area contributed by atoms with E-state index in [4.69, 9.17) is 4.74 Å². The second kappa shape index (κ2) is 8.65. The number of hydrogen-bond donors (Lipinski definition) is 1. The van der Waals surface area contributed by atoms with Crippen LogP contribution in [0.25, 0.3) is 0 Å². The molecule has 2 atom stereocenters. The van der Waals surface area contributed by atoms with E-state index in [-0.39, 0.29) is 11.9 Å². The van der Waals surface area contributed by atoms with Crippen molar-refractivity contribution < 1.29 is 9.53 Å². The molecule has 1 heterocycles. The zero-order valence-corrected chi connectivity index (χ0v) is 14.9. The minimum absolute atomic E-state index is 0.128. The smallest absolute Gasteiger partial charge is 0.314 e. The summed E-state index contributed by atoms with van der Waals surface area (Å²) < 4.78 is 6.30. The number of rotatable bonds is 7. The molecule has 0 saturated carbocycles. The molecule has 1 N–H and O–H groups in total. The summed E-state index contributed by atoms with van der Waals surface area (Å²) in [5.74, 6) is -0.342. The van der Waals surface area contributed by atoms with Crippen molar-refractivity contribution in [2.75, 3.05) is 32.8 Å². The quantitative estimate of drug-likeness (QED) is 0.751. The third-order valence-electron chi connectivity index (χ3n) is 4.05. The molecular weight excluding hydrogens is 344 g/mol. The summed E-state index contributed by atoms with van der Waals surface area (Å²) >= 11 is 3.44. The third-order valence-corrected chi connectivity index (χ3v) is 4.58. The van der Waals surface area contributed by atoms with E-state index in [0.29, 0.717) is 12.6 Å². The van der Waals surface area contributed by atoms with Gasteiger partial charge in [-0.25, -0.2) is 0 Å². The van der Waals surface area contributed by atoms with Gasteiger partial charge in [0.2, 0.25) is 0 Å². The maximum Gasteiger partial charge on any atom is 0.314 e. The highest BCUT2D eigenvalue weighted by Crippen LogP contribution is 2.23. The van der Waals surface area contributed by atoms with E-state index >= 15 is 0 Å². The topological polar surface area (TPSA) is 41.6 Å². The van der Waals surface area contributed by atoms with Gasteiger partial charge >= 0.3 is 5.97 Å². The Balaban J connectivity index is 2.05. The van der Waals surface area contributed by atoms with E-state index in [0.717, 1.165) is 42.6 Å². The zero-order chi connectivity index (χ0) is 15.9. The molecule has 1 aromatic carbocycles. The average molecular weight is 369 g/mol. The lowest BCUT2D eigenvalue weighted by Gasteiger charge is -2.23. The number of esters is 1. The number of hydrogen-bond acceptors (Lipinski definition) is 4. The lowest BCUT2D eigenvalue weighted by molar-refractivity contribution is -0.145. The van der Waals surface area contributed by atoms with Gasteiger partial charge in [0, 0.05) is 23.6 Å². The molecule has 5 heteroatoms. The molecule has 122 valence electrons. The molecule has 2 unspecified atom stereocenters. The fourth-order valence-electron chi connectivity index (χ4n) is 2.97. The van der Waals surface area contributed by atoms with Crippen molar-refractivity contribution in [1.29, 1.82) is 0 Å². The summed E-state index contributed by atoms with van der Waals surface area (Å²) in [6.07, 6.45) is 1.14. The van der Waals surface area contributed by atoms with Gasteiger partial charge in [-0.05, 0) is 44.1 Å². The van der Waals surface area contributed by atoms with Gasteiger partial charge < -0.3 is 15.0 Å². The molecule has 4 nitrogen and oxygen atoms in total. The van der Waals surface area contributed by atoms with Crippen LogP contribution >= 0.6 is 15.9 Å². The first-order chi connectivity index (χ1) is 10.6. The van der Waals surface area contributed by atoms with Gasteiger partial charge in [0.05, 0.1) is 12.5 Å². The van der Waals surface area contributed by atoms with Gasteiger partial charge in [0.15, 0.2) is 0 Å². The summed E-state index contributed by atoms with van der Waals surface area (Å²) in [5, 5.41) is 3.49. The first-order valence-corrected chi connectivity index (χ1v) is 8.81. The van der Waals surface area contributed by atoms with Crippen LogP contribution in [0.5, 0.6) is 0 Å². The number of carbonyl (C=O) groups is 1. The first kappa shape index (κ1) is 17.4. The highest BCUT2D eigenvalue weighted by molar-refractivity contribution is 9.10. The summed E-state index contributed by atoms with van der Waals surface area (Å²) in [4.78, 5) is 14.7.